The van der Waals surface area contributed by atoms with Crippen molar-refractivity contribution in [2.24, 2.45) is 0 Å². The number of aromatic nitrogens is 1. The number of hydrogen-bond acceptors (Lipinski definition) is 3. The van der Waals surface area contributed by atoms with Gasteiger partial charge >= 0.3 is 0 Å². The quantitative estimate of drug-likeness (QED) is 0.830. The lowest BCUT2D eigenvalue weighted by molar-refractivity contribution is -0.121. The Morgan fingerprint density at radius 3 is 2.80 bits per heavy atom. The van der Waals surface area contributed by atoms with Crippen molar-refractivity contribution >= 4 is 28.8 Å². The van der Waals surface area contributed by atoms with E-state index in [1.54, 1.807) is 18.3 Å². The average molecular weight is 247 g/mol. The summed E-state index contributed by atoms with van der Waals surface area (Å²) in [7, 11) is 0. The van der Waals surface area contributed by atoms with Gasteiger partial charge in [-0.25, -0.2) is 4.98 Å². The van der Waals surface area contributed by atoms with Crippen molar-refractivity contribution in [3.63, 3.8) is 0 Å². The molecule has 0 aliphatic rings. The van der Waals surface area contributed by atoms with Gasteiger partial charge in [0.25, 0.3) is 0 Å². The predicted molar refractivity (Wildman–Crippen MR) is 63.4 cm³/mol. The Labute approximate surface area is 98.9 Å². The average Bonchev–Trinajstić information content (AvgIpc) is 2.65. The Morgan fingerprint density at radius 1 is 1.67 bits per heavy atom. The number of hydrogen-bond donors (Lipinski definition) is 1. The van der Waals surface area contributed by atoms with Crippen LogP contribution in [0.4, 0.5) is 0 Å². The maximum absolute atomic E-state index is 11.3. The van der Waals surface area contributed by atoms with Crippen LogP contribution in [0.5, 0.6) is 0 Å². The number of carbonyl (C=O) groups is 1. The van der Waals surface area contributed by atoms with Crippen LogP contribution in [0.1, 0.15) is 36.7 Å². The molecule has 15 heavy (non-hydrogen) atoms. The van der Waals surface area contributed by atoms with E-state index < -0.39 is 5.38 Å². The lowest BCUT2D eigenvalue weighted by atomic mass is 10.3. The number of aryl methyl sites for hydroxylation is 1. The molecule has 0 aromatic carbocycles. The maximum atomic E-state index is 11.3. The molecule has 0 fully saturated rings. The largest absolute Gasteiger partial charge is 0.346 e. The molecule has 0 spiro atoms. The Bertz CT molecular complexity index is 338. The second-order valence-corrected chi connectivity index (χ2v) is 5.17. The third-order valence-electron chi connectivity index (χ3n) is 2.01. The topological polar surface area (TPSA) is 42.0 Å². The lowest BCUT2D eigenvalue weighted by Crippen LogP contribution is -2.31. The molecule has 1 heterocycles. The van der Waals surface area contributed by atoms with E-state index in [1.807, 2.05) is 13.1 Å². The summed E-state index contributed by atoms with van der Waals surface area (Å²) in [6.07, 6.45) is 2.83. The van der Waals surface area contributed by atoms with E-state index in [9.17, 15) is 4.79 Å². The Morgan fingerprint density at radius 2 is 2.33 bits per heavy atom. The molecule has 5 heteroatoms. The Hall–Kier alpha value is -0.610. The molecule has 2 atom stereocenters. The zero-order valence-electron chi connectivity index (χ0n) is 9.08. The zero-order valence-corrected chi connectivity index (χ0v) is 10.7. The first kappa shape index (κ1) is 12.5. The number of rotatable bonds is 4. The zero-order chi connectivity index (χ0) is 11.4. The van der Waals surface area contributed by atoms with Crippen LogP contribution in [-0.4, -0.2) is 16.3 Å². The van der Waals surface area contributed by atoms with E-state index >= 15 is 0 Å². The third-order valence-corrected chi connectivity index (χ3v) is 3.53. The van der Waals surface area contributed by atoms with Crippen molar-refractivity contribution in [3.05, 3.63) is 16.1 Å². The second-order valence-electron chi connectivity index (χ2n) is 3.36. The van der Waals surface area contributed by atoms with Crippen LogP contribution in [0.25, 0.3) is 0 Å². The number of amides is 1. The van der Waals surface area contributed by atoms with Crippen molar-refractivity contribution in [2.45, 2.75) is 38.6 Å². The summed E-state index contributed by atoms with van der Waals surface area (Å²) in [5.74, 6) is -0.155. The summed E-state index contributed by atoms with van der Waals surface area (Å²) >= 11 is 7.29. The molecule has 0 radical (unpaired) electrons. The third kappa shape index (κ3) is 3.47. The molecule has 1 aromatic heterocycles. The van der Waals surface area contributed by atoms with Crippen molar-refractivity contribution in [1.29, 1.82) is 0 Å². The highest BCUT2D eigenvalue weighted by molar-refractivity contribution is 7.11. The summed E-state index contributed by atoms with van der Waals surface area (Å²) in [6.45, 7) is 5.65. The molecule has 0 saturated carbocycles. The van der Waals surface area contributed by atoms with Gasteiger partial charge in [-0.1, -0.05) is 6.92 Å². The number of nitrogens with zero attached hydrogens (tertiary/aromatic N) is 1. The fourth-order valence-electron chi connectivity index (χ4n) is 1.08. The van der Waals surface area contributed by atoms with Crippen LogP contribution >= 0.6 is 22.9 Å². The maximum Gasteiger partial charge on any atom is 0.238 e. The SMILES string of the molecule is CCc1cnc(C(C)NC(=O)C(C)Cl)s1. The van der Waals surface area contributed by atoms with Gasteiger partial charge in [-0.05, 0) is 20.3 Å². The van der Waals surface area contributed by atoms with Gasteiger partial charge in [0.2, 0.25) is 5.91 Å². The first-order valence-corrected chi connectivity index (χ1v) is 6.19. The van der Waals surface area contributed by atoms with Gasteiger partial charge in [-0.3, -0.25) is 4.79 Å². The van der Waals surface area contributed by atoms with E-state index in [4.69, 9.17) is 11.6 Å². The van der Waals surface area contributed by atoms with E-state index in [-0.39, 0.29) is 11.9 Å². The molecule has 1 N–H and O–H groups in total. The van der Waals surface area contributed by atoms with Crippen LogP contribution in [0.15, 0.2) is 6.20 Å². The first-order valence-electron chi connectivity index (χ1n) is 4.93. The molecule has 2 unspecified atom stereocenters. The molecule has 0 aliphatic heterocycles. The summed E-state index contributed by atoms with van der Waals surface area (Å²) in [5.41, 5.74) is 0. The predicted octanol–water partition coefficient (Wildman–Crippen LogP) is 2.51. The molecule has 1 amide bonds. The first-order chi connectivity index (χ1) is 7.04. The molecule has 0 saturated heterocycles. The van der Waals surface area contributed by atoms with Crippen LogP contribution in [-0.2, 0) is 11.2 Å². The number of halogens is 1. The van der Waals surface area contributed by atoms with Crippen LogP contribution < -0.4 is 5.32 Å². The normalized spacial score (nSPS) is 14.7. The molecular formula is C10H15ClN2OS. The van der Waals surface area contributed by atoms with Gasteiger partial charge in [-0.15, -0.1) is 22.9 Å². The van der Waals surface area contributed by atoms with E-state index in [1.165, 1.54) is 4.88 Å². The van der Waals surface area contributed by atoms with E-state index in [0.29, 0.717) is 0 Å². The number of nitrogens with one attached hydrogen (secondary N) is 1. The van der Waals surface area contributed by atoms with Gasteiger partial charge in [0.05, 0.1) is 6.04 Å². The molecule has 0 bridgehead atoms. The molecule has 1 aromatic rings. The van der Waals surface area contributed by atoms with E-state index in [0.717, 1.165) is 11.4 Å². The Kier molecular flexibility index (Phi) is 4.54. The van der Waals surface area contributed by atoms with Crippen molar-refractivity contribution in [1.82, 2.24) is 10.3 Å². The van der Waals surface area contributed by atoms with Crippen LogP contribution in [0.3, 0.4) is 0 Å². The summed E-state index contributed by atoms with van der Waals surface area (Å²) < 4.78 is 0. The monoisotopic (exact) mass is 246 g/mol. The minimum Gasteiger partial charge on any atom is -0.346 e. The molecule has 1 rings (SSSR count). The summed E-state index contributed by atoms with van der Waals surface area (Å²) in [6, 6.07) is -0.0657. The molecular weight excluding hydrogens is 232 g/mol. The van der Waals surface area contributed by atoms with Gasteiger partial charge in [0, 0.05) is 11.1 Å². The summed E-state index contributed by atoms with van der Waals surface area (Å²) in [4.78, 5) is 16.8. The van der Waals surface area contributed by atoms with Crippen molar-refractivity contribution < 1.29 is 4.79 Å². The fourth-order valence-corrected chi connectivity index (χ4v) is 2.00. The van der Waals surface area contributed by atoms with Gasteiger partial charge in [0.15, 0.2) is 0 Å². The standard InChI is InChI=1S/C10H15ClN2OS/c1-4-8-5-12-10(15-8)7(3)13-9(14)6(2)11/h5-7H,4H2,1-3H3,(H,13,14). The molecule has 3 nitrogen and oxygen atoms in total. The lowest BCUT2D eigenvalue weighted by Gasteiger charge is -2.11. The molecule has 84 valence electrons. The fraction of sp³-hybridized carbons (Fsp3) is 0.600. The Balaban J connectivity index is 2.60. The number of carbonyl (C=O) groups excluding carboxylic acids is 1. The highest BCUT2D eigenvalue weighted by Crippen LogP contribution is 2.20. The van der Waals surface area contributed by atoms with Crippen molar-refractivity contribution in [3.8, 4) is 0 Å². The van der Waals surface area contributed by atoms with Gasteiger partial charge < -0.3 is 5.32 Å². The highest BCUT2D eigenvalue weighted by Gasteiger charge is 2.15. The number of alkyl halides is 1. The summed E-state index contributed by atoms with van der Waals surface area (Å²) in [5, 5.41) is 3.24. The minimum atomic E-state index is -0.502. The van der Waals surface area contributed by atoms with Crippen LogP contribution in [0, 0.1) is 0 Å². The van der Waals surface area contributed by atoms with Crippen LogP contribution in [0.2, 0.25) is 0 Å². The minimum absolute atomic E-state index is 0.0657. The number of thiazole rings is 1. The second kappa shape index (κ2) is 5.47. The smallest absolute Gasteiger partial charge is 0.238 e. The van der Waals surface area contributed by atoms with Crippen molar-refractivity contribution in [2.75, 3.05) is 0 Å². The van der Waals surface area contributed by atoms with Gasteiger partial charge in [0.1, 0.15) is 10.4 Å². The van der Waals surface area contributed by atoms with Gasteiger partial charge in [-0.2, -0.15) is 0 Å². The highest BCUT2D eigenvalue weighted by atomic mass is 35.5. The van der Waals surface area contributed by atoms with E-state index in [2.05, 4.69) is 17.2 Å². The molecule has 0 aliphatic carbocycles.